The highest BCUT2D eigenvalue weighted by molar-refractivity contribution is 7.99. The number of thioether (sulfide) groups is 1. The molecule has 9 heteroatoms. The summed E-state index contributed by atoms with van der Waals surface area (Å²) < 4.78 is 18.7. The summed E-state index contributed by atoms with van der Waals surface area (Å²) in [5.41, 5.74) is 1.79. The minimum absolute atomic E-state index is 0.0401. The first kappa shape index (κ1) is 20.8. The number of rotatable bonds is 5. The first-order valence-corrected chi connectivity index (χ1v) is 11.5. The van der Waals surface area contributed by atoms with E-state index >= 15 is 0 Å². The van der Waals surface area contributed by atoms with Crippen molar-refractivity contribution in [1.29, 1.82) is 0 Å². The van der Waals surface area contributed by atoms with E-state index in [1.807, 2.05) is 71.8 Å². The van der Waals surface area contributed by atoms with Crippen molar-refractivity contribution >= 4 is 17.7 Å². The molecular weight excluding hydrogens is 428 g/mol. The average molecular weight is 453 g/mol. The standard InChI is InChI=1S/C23H24N4O4S/c1-15-11-26(12-16(2)31-15)21(28)13-32-23-25-24-22(27(23)18-6-4-3-5-7-18)17-8-9-19-20(10-17)30-14-29-19/h3-10,15-16H,11-14H2,1-2H3/t15-,16-/m0/s1. The summed E-state index contributed by atoms with van der Waals surface area (Å²) in [5, 5.41) is 9.53. The number of carbonyl (C=O) groups is 1. The van der Waals surface area contributed by atoms with Crippen LogP contribution in [0.15, 0.2) is 53.7 Å². The number of morpholine rings is 1. The highest BCUT2D eigenvalue weighted by Crippen LogP contribution is 2.37. The Balaban J connectivity index is 1.42. The molecule has 1 aromatic heterocycles. The number of carbonyl (C=O) groups excluding carboxylic acids is 1. The maximum absolute atomic E-state index is 12.9. The number of hydrogen-bond acceptors (Lipinski definition) is 7. The lowest BCUT2D eigenvalue weighted by Crippen LogP contribution is -2.48. The van der Waals surface area contributed by atoms with Crippen LogP contribution in [0.4, 0.5) is 0 Å². The molecule has 3 heterocycles. The smallest absolute Gasteiger partial charge is 0.233 e. The third-order valence-electron chi connectivity index (χ3n) is 5.38. The van der Waals surface area contributed by atoms with Gasteiger partial charge in [0.1, 0.15) is 0 Å². The van der Waals surface area contributed by atoms with E-state index in [0.29, 0.717) is 35.6 Å². The molecule has 2 aliphatic rings. The van der Waals surface area contributed by atoms with Gasteiger partial charge in [0.15, 0.2) is 22.5 Å². The van der Waals surface area contributed by atoms with E-state index in [4.69, 9.17) is 14.2 Å². The minimum Gasteiger partial charge on any atom is -0.454 e. The van der Waals surface area contributed by atoms with Crippen LogP contribution in [0.25, 0.3) is 17.1 Å². The molecule has 0 saturated carbocycles. The molecule has 8 nitrogen and oxygen atoms in total. The maximum Gasteiger partial charge on any atom is 0.233 e. The van der Waals surface area contributed by atoms with Crippen molar-refractivity contribution in [2.24, 2.45) is 0 Å². The van der Waals surface area contributed by atoms with E-state index in [1.165, 1.54) is 11.8 Å². The number of para-hydroxylation sites is 1. The molecule has 0 spiro atoms. The van der Waals surface area contributed by atoms with Crippen LogP contribution in [-0.4, -0.2) is 63.4 Å². The number of ether oxygens (including phenoxy) is 3. The molecular formula is C23H24N4O4S. The monoisotopic (exact) mass is 452 g/mol. The second-order valence-electron chi connectivity index (χ2n) is 7.89. The van der Waals surface area contributed by atoms with E-state index in [9.17, 15) is 4.79 Å². The summed E-state index contributed by atoms with van der Waals surface area (Å²) in [6.45, 7) is 5.42. The number of aromatic nitrogens is 3. The second-order valence-corrected chi connectivity index (χ2v) is 8.83. The molecule has 0 aliphatic carbocycles. The Labute approximate surface area is 190 Å². The van der Waals surface area contributed by atoms with Crippen molar-refractivity contribution in [3.05, 3.63) is 48.5 Å². The van der Waals surface area contributed by atoms with Gasteiger partial charge in [0.25, 0.3) is 0 Å². The van der Waals surface area contributed by atoms with Crippen LogP contribution in [-0.2, 0) is 9.53 Å². The van der Waals surface area contributed by atoms with E-state index in [2.05, 4.69) is 10.2 Å². The van der Waals surface area contributed by atoms with Gasteiger partial charge in [-0.15, -0.1) is 10.2 Å². The summed E-state index contributed by atoms with van der Waals surface area (Å²) in [6, 6.07) is 15.6. The third kappa shape index (κ3) is 4.18. The lowest BCUT2D eigenvalue weighted by Gasteiger charge is -2.35. The van der Waals surface area contributed by atoms with Crippen molar-refractivity contribution in [2.75, 3.05) is 25.6 Å². The van der Waals surface area contributed by atoms with Gasteiger partial charge in [-0.25, -0.2) is 0 Å². The van der Waals surface area contributed by atoms with E-state index in [1.54, 1.807) is 0 Å². The van der Waals surface area contributed by atoms with Crippen LogP contribution in [0, 0.1) is 0 Å². The van der Waals surface area contributed by atoms with Crippen molar-refractivity contribution in [3.63, 3.8) is 0 Å². The number of nitrogens with zero attached hydrogens (tertiary/aromatic N) is 4. The van der Waals surface area contributed by atoms with Gasteiger partial charge in [-0.3, -0.25) is 9.36 Å². The Morgan fingerprint density at radius 1 is 1.03 bits per heavy atom. The van der Waals surface area contributed by atoms with Crippen LogP contribution in [0.1, 0.15) is 13.8 Å². The highest BCUT2D eigenvalue weighted by Gasteiger charge is 2.27. The van der Waals surface area contributed by atoms with E-state index in [0.717, 1.165) is 11.3 Å². The zero-order valence-corrected chi connectivity index (χ0v) is 18.7. The van der Waals surface area contributed by atoms with Crippen LogP contribution in [0.5, 0.6) is 11.5 Å². The van der Waals surface area contributed by atoms with Gasteiger partial charge in [0, 0.05) is 24.3 Å². The van der Waals surface area contributed by atoms with Gasteiger partial charge in [-0.1, -0.05) is 30.0 Å². The van der Waals surface area contributed by atoms with Gasteiger partial charge in [-0.05, 0) is 44.2 Å². The molecule has 2 aliphatic heterocycles. The van der Waals surface area contributed by atoms with Crippen LogP contribution in [0.3, 0.4) is 0 Å². The number of amides is 1. The van der Waals surface area contributed by atoms with Crippen molar-refractivity contribution in [1.82, 2.24) is 19.7 Å². The number of benzene rings is 2. The molecule has 1 amide bonds. The Morgan fingerprint density at radius 3 is 2.56 bits per heavy atom. The number of hydrogen-bond donors (Lipinski definition) is 0. The van der Waals surface area contributed by atoms with Crippen molar-refractivity contribution < 1.29 is 19.0 Å². The first-order chi connectivity index (χ1) is 15.6. The van der Waals surface area contributed by atoms with Gasteiger partial charge in [0.05, 0.1) is 18.0 Å². The topological polar surface area (TPSA) is 78.7 Å². The first-order valence-electron chi connectivity index (χ1n) is 10.6. The fourth-order valence-electron chi connectivity index (χ4n) is 3.99. The molecule has 2 atom stereocenters. The molecule has 5 rings (SSSR count). The molecule has 0 N–H and O–H groups in total. The van der Waals surface area contributed by atoms with E-state index in [-0.39, 0.29) is 30.7 Å². The van der Waals surface area contributed by atoms with Crippen LogP contribution < -0.4 is 9.47 Å². The molecule has 0 radical (unpaired) electrons. The van der Waals surface area contributed by atoms with Crippen molar-refractivity contribution in [3.8, 4) is 28.6 Å². The summed E-state index contributed by atoms with van der Waals surface area (Å²) in [7, 11) is 0. The Morgan fingerprint density at radius 2 is 1.78 bits per heavy atom. The highest BCUT2D eigenvalue weighted by atomic mass is 32.2. The summed E-state index contributed by atoms with van der Waals surface area (Å²) in [4.78, 5) is 14.7. The Hall–Kier alpha value is -3.04. The van der Waals surface area contributed by atoms with E-state index < -0.39 is 0 Å². The van der Waals surface area contributed by atoms with Crippen LogP contribution >= 0.6 is 11.8 Å². The molecule has 2 aromatic carbocycles. The quantitative estimate of drug-likeness (QED) is 0.549. The Kier molecular flexibility index (Phi) is 5.75. The minimum atomic E-state index is 0.0401. The third-order valence-corrected chi connectivity index (χ3v) is 6.29. The summed E-state index contributed by atoms with van der Waals surface area (Å²) >= 11 is 1.39. The molecule has 3 aromatic rings. The fraction of sp³-hybridized carbons (Fsp3) is 0.348. The lowest BCUT2D eigenvalue weighted by molar-refractivity contribution is -0.140. The predicted molar refractivity (Wildman–Crippen MR) is 120 cm³/mol. The summed E-state index contributed by atoms with van der Waals surface area (Å²) in [6.07, 6.45) is 0.0802. The van der Waals surface area contributed by atoms with Crippen molar-refractivity contribution in [2.45, 2.75) is 31.2 Å². The summed E-state index contributed by atoms with van der Waals surface area (Å²) in [5.74, 6) is 2.44. The molecule has 1 fully saturated rings. The zero-order chi connectivity index (χ0) is 22.1. The SMILES string of the molecule is C[C@H]1CN(C(=O)CSc2nnc(-c3ccc4c(c3)OCO4)n2-c2ccccc2)C[C@H](C)O1. The Bertz CT molecular complexity index is 1110. The predicted octanol–water partition coefficient (Wildman–Crippen LogP) is 3.39. The van der Waals surface area contributed by atoms with Crippen LogP contribution in [0.2, 0.25) is 0 Å². The van der Waals surface area contributed by atoms with Gasteiger partial charge in [-0.2, -0.15) is 0 Å². The number of fused-ring (bicyclic) bond motifs is 1. The lowest BCUT2D eigenvalue weighted by atomic mass is 10.2. The normalized spacial score (nSPS) is 19.9. The second kappa shape index (κ2) is 8.84. The molecule has 166 valence electrons. The van der Waals surface area contributed by atoms with Gasteiger partial charge >= 0.3 is 0 Å². The maximum atomic E-state index is 12.9. The molecule has 0 unspecified atom stereocenters. The van der Waals surface area contributed by atoms with Gasteiger partial charge < -0.3 is 19.1 Å². The van der Waals surface area contributed by atoms with Gasteiger partial charge in [0.2, 0.25) is 12.7 Å². The molecule has 1 saturated heterocycles. The molecule has 0 bridgehead atoms. The largest absolute Gasteiger partial charge is 0.454 e. The average Bonchev–Trinajstić information content (AvgIpc) is 3.43. The molecule has 32 heavy (non-hydrogen) atoms. The fourth-order valence-corrected chi connectivity index (χ4v) is 4.85. The zero-order valence-electron chi connectivity index (χ0n) is 17.9.